The zero-order valence-electron chi connectivity index (χ0n) is 22.5. The molecular formula is C27H33ClFNO10. The fraction of sp³-hybridized carbons (Fsp3) is 0.704. The summed E-state index contributed by atoms with van der Waals surface area (Å²) in [7, 11) is 0. The van der Waals surface area contributed by atoms with Gasteiger partial charge in [0.1, 0.15) is 0 Å². The number of aliphatic hydroxyl groups excluding tert-OH is 1. The van der Waals surface area contributed by atoms with E-state index in [2.05, 4.69) is 4.84 Å². The lowest BCUT2D eigenvalue weighted by atomic mass is 9.45. The van der Waals surface area contributed by atoms with Gasteiger partial charge < -0.3 is 19.4 Å². The number of alkyl halides is 1. The van der Waals surface area contributed by atoms with Crippen molar-refractivity contribution in [3.05, 3.63) is 33.9 Å². The highest BCUT2D eigenvalue weighted by atomic mass is 35.5. The van der Waals surface area contributed by atoms with Crippen LogP contribution in [0.3, 0.4) is 0 Å². The second-order valence-electron chi connectivity index (χ2n) is 11.7. The van der Waals surface area contributed by atoms with Crippen LogP contribution in [0.5, 0.6) is 0 Å². The van der Waals surface area contributed by atoms with E-state index in [1.165, 1.54) is 12.2 Å². The maximum atomic E-state index is 17.4. The lowest BCUT2D eigenvalue weighted by Gasteiger charge is -2.62. The third-order valence-electron chi connectivity index (χ3n) is 9.87. The highest BCUT2D eigenvalue weighted by molar-refractivity contribution is 6.61. The first kappa shape index (κ1) is 30.1. The topological polar surface area (TPSA) is 159 Å². The molecule has 1 N–H and O–H groups in total. The van der Waals surface area contributed by atoms with Gasteiger partial charge in [-0.2, -0.15) is 0 Å². The minimum Gasteiger partial charge on any atom is -0.450 e. The Morgan fingerprint density at radius 1 is 1.27 bits per heavy atom. The summed E-state index contributed by atoms with van der Waals surface area (Å²) in [6.07, 6.45) is 3.01. The summed E-state index contributed by atoms with van der Waals surface area (Å²) in [5.41, 5.74) is -7.22. The van der Waals surface area contributed by atoms with Crippen LogP contribution in [-0.4, -0.2) is 63.7 Å². The fourth-order valence-electron chi connectivity index (χ4n) is 8.12. The van der Waals surface area contributed by atoms with Crippen LogP contribution in [0.4, 0.5) is 9.18 Å². The van der Waals surface area contributed by atoms with Gasteiger partial charge in [0.15, 0.2) is 23.7 Å². The number of carbonyl (C=O) groups is 4. The van der Waals surface area contributed by atoms with Gasteiger partial charge in [-0.25, -0.2) is 9.18 Å². The number of nitrogens with zero attached hydrogens (tertiary/aromatic N) is 1. The van der Waals surface area contributed by atoms with Crippen LogP contribution in [0, 0.1) is 38.7 Å². The van der Waals surface area contributed by atoms with Gasteiger partial charge in [0.05, 0.1) is 12.7 Å². The molecule has 0 aromatic heterocycles. The molecule has 4 rings (SSSR count). The number of ketones is 2. The first-order valence-corrected chi connectivity index (χ1v) is 13.6. The van der Waals surface area contributed by atoms with Gasteiger partial charge in [-0.15, -0.1) is 10.1 Å². The number of hydrogen-bond donors (Lipinski definition) is 1. The summed E-state index contributed by atoms with van der Waals surface area (Å²) < 4.78 is 28.1. The number of rotatable bonds is 9. The quantitative estimate of drug-likeness (QED) is 0.105. The van der Waals surface area contributed by atoms with E-state index in [1.54, 1.807) is 20.8 Å². The molecule has 11 nitrogen and oxygen atoms in total. The molecule has 8 atom stereocenters. The third-order valence-corrected chi connectivity index (χ3v) is 9.98. The highest BCUT2D eigenvalue weighted by Crippen LogP contribution is 2.71. The van der Waals surface area contributed by atoms with E-state index in [9.17, 15) is 34.4 Å². The molecule has 0 heterocycles. The second-order valence-corrected chi connectivity index (χ2v) is 12.0. The molecule has 0 aliphatic heterocycles. The van der Waals surface area contributed by atoms with E-state index in [1.807, 2.05) is 6.08 Å². The number of allylic oxidation sites excluding steroid dienone is 4. The Labute approximate surface area is 235 Å². The number of hydrogen-bond acceptors (Lipinski definition) is 10. The molecule has 13 heteroatoms. The molecule has 0 amide bonds. The molecule has 220 valence electrons. The molecule has 4 aliphatic carbocycles. The van der Waals surface area contributed by atoms with Crippen molar-refractivity contribution in [2.75, 3.05) is 13.2 Å². The van der Waals surface area contributed by atoms with Gasteiger partial charge in [-0.1, -0.05) is 31.6 Å². The van der Waals surface area contributed by atoms with E-state index in [-0.39, 0.29) is 50.9 Å². The van der Waals surface area contributed by atoms with E-state index in [4.69, 9.17) is 21.1 Å². The number of fused-ring (bicyclic) bond motifs is 5. The Bertz CT molecular complexity index is 1190. The molecule has 0 bridgehead atoms. The van der Waals surface area contributed by atoms with Crippen LogP contribution >= 0.6 is 11.6 Å². The van der Waals surface area contributed by atoms with Crippen LogP contribution in [0.25, 0.3) is 0 Å². The van der Waals surface area contributed by atoms with E-state index in [0.717, 1.165) is 0 Å². The van der Waals surface area contributed by atoms with Crippen molar-refractivity contribution in [3.63, 3.8) is 0 Å². The van der Waals surface area contributed by atoms with Crippen molar-refractivity contribution >= 4 is 34.6 Å². The monoisotopic (exact) mass is 585 g/mol. The summed E-state index contributed by atoms with van der Waals surface area (Å²) >= 11 is 5.30. The average molecular weight is 586 g/mol. The number of halogens is 2. The average Bonchev–Trinajstić information content (AvgIpc) is 3.08. The SMILES string of the molecule is C[C@H]1CC2C3CC=C4CC(=O)C=C[C@]4(C)[C@@]3(F)[C@@H](O)C[C@]2(C)[C@@]1(OC(=O)CCCO[N+](=O)[O-])C(=O)COC(=O)Cl. The molecule has 0 spiro atoms. The standard InChI is InChI=1S/C27H33ClFNO10/c1-15-11-19-18-7-6-16-12-17(31)8-9-24(16,2)26(18,29)20(32)13-25(19,3)27(15,21(33)14-38-23(28)35)40-22(34)5-4-10-39-30(36)37/h6,8-9,15,18-20,32H,4-5,7,10-14H2,1-3H3/t15-,18?,19?,20-,24-,25-,26-,27-/m0/s1. The van der Waals surface area contributed by atoms with E-state index in [0.29, 0.717) is 5.57 Å². The third kappa shape index (κ3) is 4.43. The minimum atomic E-state index is -2.16. The summed E-state index contributed by atoms with van der Waals surface area (Å²) in [5, 5.41) is 21.0. The molecule has 2 unspecified atom stereocenters. The van der Waals surface area contributed by atoms with Crippen molar-refractivity contribution in [1.29, 1.82) is 0 Å². The van der Waals surface area contributed by atoms with Crippen molar-refractivity contribution in [3.8, 4) is 0 Å². The zero-order chi connectivity index (χ0) is 29.7. The van der Waals surface area contributed by atoms with Crippen molar-refractivity contribution < 1.29 is 48.1 Å². The van der Waals surface area contributed by atoms with Gasteiger partial charge >= 0.3 is 11.4 Å². The molecule has 4 aliphatic rings. The number of aliphatic hydroxyl groups is 1. The number of esters is 1. The fourth-order valence-corrected chi connectivity index (χ4v) is 8.18. The van der Waals surface area contributed by atoms with Gasteiger partial charge in [0.25, 0.3) is 5.09 Å². The summed E-state index contributed by atoms with van der Waals surface area (Å²) in [5.74, 6) is -3.74. The Kier molecular flexibility index (Phi) is 7.92. The summed E-state index contributed by atoms with van der Waals surface area (Å²) in [6.45, 7) is 3.86. The van der Waals surface area contributed by atoms with Gasteiger partial charge in [0.2, 0.25) is 5.78 Å². The molecule has 2 saturated carbocycles. The maximum absolute atomic E-state index is 17.4. The zero-order valence-corrected chi connectivity index (χ0v) is 23.3. The molecule has 40 heavy (non-hydrogen) atoms. The summed E-state index contributed by atoms with van der Waals surface area (Å²) in [4.78, 5) is 64.9. The Balaban J connectivity index is 1.73. The molecule has 0 radical (unpaired) electrons. The molecular weight excluding hydrogens is 553 g/mol. The Morgan fingerprint density at radius 3 is 2.62 bits per heavy atom. The first-order chi connectivity index (χ1) is 18.6. The normalized spacial score (nSPS) is 39.8. The van der Waals surface area contributed by atoms with Gasteiger partial charge in [-0.05, 0) is 44.6 Å². The van der Waals surface area contributed by atoms with Crippen LogP contribution in [0.2, 0.25) is 0 Å². The highest BCUT2D eigenvalue weighted by Gasteiger charge is 2.77. The lowest BCUT2D eigenvalue weighted by molar-refractivity contribution is -0.757. The largest absolute Gasteiger partial charge is 0.450 e. The molecule has 2 fully saturated rings. The number of carbonyl (C=O) groups excluding carboxylic acids is 4. The Hall–Kier alpha value is -2.86. The second kappa shape index (κ2) is 10.5. The predicted octanol–water partition coefficient (Wildman–Crippen LogP) is 3.82. The molecule has 0 saturated heterocycles. The minimum absolute atomic E-state index is 0.0560. The smallest absolute Gasteiger partial charge is 0.404 e. The van der Waals surface area contributed by atoms with Crippen LogP contribution in [0.1, 0.15) is 59.3 Å². The van der Waals surface area contributed by atoms with E-state index >= 15 is 4.39 Å². The van der Waals surface area contributed by atoms with Crippen LogP contribution in [0.15, 0.2) is 23.8 Å². The summed E-state index contributed by atoms with van der Waals surface area (Å²) in [6, 6.07) is 0. The van der Waals surface area contributed by atoms with Gasteiger partial charge in [-0.3, -0.25) is 14.4 Å². The van der Waals surface area contributed by atoms with Gasteiger partial charge in [0, 0.05) is 47.1 Å². The van der Waals surface area contributed by atoms with Crippen LogP contribution in [-0.2, 0) is 28.7 Å². The van der Waals surface area contributed by atoms with Crippen molar-refractivity contribution in [1.82, 2.24) is 0 Å². The van der Waals surface area contributed by atoms with Crippen molar-refractivity contribution in [2.45, 2.75) is 76.7 Å². The predicted molar refractivity (Wildman–Crippen MR) is 136 cm³/mol. The van der Waals surface area contributed by atoms with E-state index < -0.39 is 74.8 Å². The number of Topliss-reactive ketones (excluding diaryl/α,β-unsaturated/α-hetero) is 1. The lowest BCUT2D eigenvalue weighted by Crippen LogP contribution is -2.69. The van der Waals surface area contributed by atoms with Crippen molar-refractivity contribution in [2.24, 2.45) is 28.6 Å². The molecule has 0 aromatic rings. The van der Waals surface area contributed by atoms with Crippen LogP contribution < -0.4 is 0 Å². The maximum Gasteiger partial charge on any atom is 0.404 e. The molecule has 0 aromatic carbocycles. The number of ether oxygens (including phenoxy) is 2. The first-order valence-electron chi connectivity index (χ1n) is 13.3. The Morgan fingerprint density at radius 2 is 1.98 bits per heavy atom.